The molecule has 0 fully saturated rings. The lowest BCUT2D eigenvalue weighted by atomic mass is 10.3. The van der Waals surface area contributed by atoms with Crippen LogP contribution in [0, 0.1) is 0 Å². The van der Waals surface area contributed by atoms with Crippen LogP contribution >= 0.6 is 0 Å². The minimum Gasteiger partial charge on any atom is -0.494 e. The minimum atomic E-state index is -0.699. The molecule has 0 amide bonds. The van der Waals surface area contributed by atoms with Crippen LogP contribution in [0.1, 0.15) is 5.56 Å². The van der Waals surface area contributed by atoms with Gasteiger partial charge in [-0.1, -0.05) is 6.07 Å². The number of aliphatic imine (C=N–C) groups is 1. The van der Waals surface area contributed by atoms with E-state index in [1.807, 2.05) is 0 Å². The van der Waals surface area contributed by atoms with Crippen LogP contribution < -0.4 is 11.2 Å². The summed E-state index contributed by atoms with van der Waals surface area (Å²) in [5.74, 6) is -0.0476. The molecule has 0 aliphatic carbocycles. The van der Waals surface area contributed by atoms with Crippen LogP contribution in [-0.4, -0.2) is 25.9 Å². The van der Waals surface area contributed by atoms with Gasteiger partial charge in [-0.05, 0) is 12.1 Å². The Morgan fingerprint density at radius 2 is 2.22 bits per heavy atom. The molecule has 18 heavy (non-hydrogen) atoms. The molecule has 7 nitrogen and oxygen atoms in total. The van der Waals surface area contributed by atoms with Crippen molar-refractivity contribution in [3.05, 3.63) is 50.8 Å². The summed E-state index contributed by atoms with van der Waals surface area (Å²) in [7, 11) is 1.34. The molecule has 0 aromatic carbocycles. The number of aromatic nitrogens is 3. The SMILES string of the molecule is Cn1c(O)c(C=Nc2ccccn2)c(=O)[nH]c1=O. The van der Waals surface area contributed by atoms with E-state index in [2.05, 4.69) is 15.0 Å². The quantitative estimate of drug-likeness (QED) is 0.724. The Morgan fingerprint density at radius 1 is 1.44 bits per heavy atom. The second-order valence-electron chi connectivity index (χ2n) is 3.50. The molecule has 2 aromatic rings. The van der Waals surface area contributed by atoms with E-state index in [4.69, 9.17) is 0 Å². The molecule has 92 valence electrons. The largest absolute Gasteiger partial charge is 0.494 e. The Kier molecular flexibility index (Phi) is 3.05. The lowest BCUT2D eigenvalue weighted by Crippen LogP contribution is -2.30. The zero-order chi connectivity index (χ0) is 13.1. The van der Waals surface area contributed by atoms with E-state index in [0.29, 0.717) is 5.82 Å². The number of aromatic amines is 1. The number of pyridine rings is 1. The van der Waals surface area contributed by atoms with Crippen molar-refractivity contribution in [2.75, 3.05) is 0 Å². The van der Waals surface area contributed by atoms with Gasteiger partial charge in [-0.25, -0.2) is 14.8 Å². The zero-order valence-corrected chi connectivity index (χ0v) is 9.49. The lowest BCUT2D eigenvalue weighted by molar-refractivity contribution is 0.417. The highest BCUT2D eigenvalue weighted by molar-refractivity contribution is 5.83. The number of hydrogen-bond donors (Lipinski definition) is 2. The second kappa shape index (κ2) is 4.66. The number of nitrogens with zero attached hydrogens (tertiary/aromatic N) is 3. The topological polar surface area (TPSA) is 100 Å². The Morgan fingerprint density at radius 3 is 2.89 bits per heavy atom. The van der Waals surface area contributed by atoms with Gasteiger partial charge in [0.2, 0.25) is 5.88 Å². The van der Waals surface area contributed by atoms with Crippen LogP contribution in [0.15, 0.2) is 39.0 Å². The van der Waals surface area contributed by atoms with Gasteiger partial charge in [-0.3, -0.25) is 14.3 Å². The van der Waals surface area contributed by atoms with E-state index in [1.165, 1.54) is 7.05 Å². The first kappa shape index (κ1) is 11.8. The minimum absolute atomic E-state index is 0.0947. The van der Waals surface area contributed by atoms with Gasteiger partial charge in [-0.2, -0.15) is 0 Å². The van der Waals surface area contributed by atoms with Crippen molar-refractivity contribution in [3.63, 3.8) is 0 Å². The molecule has 0 spiro atoms. The van der Waals surface area contributed by atoms with Crippen LogP contribution in [-0.2, 0) is 7.05 Å². The summed E-state index contributed by atoms with van der Waals surface area (Å²) in [5.41, 5.74) is -1.48. The Hall–Kier alpha value is -2.70. The van der Waals surface area contributed by atoms with E-state index in [0.717, 1.165) is 10.8 Å². The van der Waals surface area contributed by atoms with Gasteiger partial charge in [0.25, 0.3) is 5.56 Å². The zero-order valence-electron chi connectivity index (χ0n) is 9.49. The summed E-state index contributed by atoms with van der Waals surface area (Å²) in [6, 6.07) is 5.11. The third-order valence-corrected chi connectivity index (χ3v) is 2.30. The first-order valence-electron chi connectivity index (χ1n) is 5.07. The first-order valence-corrected chi connectivity index (χ1v) is 5.07. The molecule has 0 saturated heterocycles. The number of rotatable bonds is 2. The van der Waals surface area contributed by atoms with E-state index in [-0.39, 0.29) is 5.56 Å². The maximum atomic E-state index is 11.5. The molecule has 0 aliphatic rings. The fourth-order valence-corrected chi connectivity index (χ4v) is 1.30. The van der Waals surface area contributed by atoms with Gasteiger partial charge >= 0.3 is 5.69 Å². The van der Waals surface area contributed by atoms with Crippen molar-refractivity contribution in [2.24, 2.45) is 12.0 Å². The fourth-order valence-electron chi connectivity index (χ4n) is 1.30. The van der Waals surface area contributed by atoms with Gasteiger partial charge in [0.05, 0.1) is 0 Å². The van der Waals surface area contributed by atoms with Crippen molar-refractivity contribution in [3.8, 4) is 5.88 Å². The Balaban J connectivity index is 2.48. The standard InChI is InChI=1S/C11H10N4O3/c1-15-10(17)7(9(16)14-11(15)18)6-13-8-4-2-3-5-12-8/h2-6,17H,1H3,(H,14,16,18). The van der Waals surface area contributed by atoms with Gasteiger partial charge in [0.1, 0.15) is 5.56 Å². The van der Waals surface area contributed by atoms with Gasteiger partial charge in [0, 0.05) is 19.5 Å². The molecule has 0 saturated carbocycles. The smallest absolute Gasteiger partial charge is 0.330 e. The summed E-state index contributed by atoms with van der Waals surface area (Å²) in [6.07, 6.45) is 2.72. The molecule has 2 N–H and O–H groups in total. The average molecular weight is 246 g/mol. The second-order valence-corrected chi connectivity index (χ2v) is 3.50. The molecule has 2 heterocycles. The Labute approximate surface area is 101 Å². The molecule has 0 atom stereocenters. The molecular formula is C11H10N4O3. The number of hydrogen-bond acceptors (Lipinski definition) is 5. The molecule has 0 bridgehead atoms. The van der Waals surface area contributed by atoms with Gasteiger partial charge < -0.3 is 5.11 Å². The molecule has 0 aliphatic heterocycles. The predicted octanol–water partition coefficient (Wildman–Crippen LogP) is -0.0752. The molecule has 0 unspecified atom stereocenters. The van der Waals surface area contributed by atoms with Crippen molar-refractivity contribution < 1.29 is 5.11 Å². The fraction of sp³-hybridized carbons (Fsp3) is 0.0909. The van der Waals surface area contributed by atoms with Gasteiger partial charge in [0.15, 0.2) is 5.82 Å². The average Bonchev–Trinajstić information content (AvgIpc) is 2.37. The van der Waals surface area contributed by atoms with Crippen LogP contribution in [0.4, 0.5) is 5.82 Å². The molecule has 2 aromatic heterocycles. The summed E-state index contributed by atoms with van der Waals surface area (Å²) >= 11 is 0. The number of aromatic hydroxyl groups is 1. The van der Waals surface area contributed by atoms with Crippen molar-refractivity contribution in [2.45, 2.75) is 0 Å². The monoisotopic (exact) mass is 246 g/mol. The van der Waals surface area contributed by atoms with E-state index >= 15 is 0 Å². The first-order chi connectivity index (χ1) is 8.59. The summed E-state index contributed by atoms with van der Waals surface area (Å²) in [4.78, 5) is 32.6. The molecular weight excluding hydrogens is 236 g/mol. The molecule has 0 radical (unpaired) electrons. The van der Waals surface area contributed by atoms with E-state index < -0.39 is 17.1 Å². The van der Waals surface area contributed by atoms with Gasteiger partial charge in [-0.15, -0.1) is 0 Å². The maximum absolute atomic E-state index is 11.5. The van der Waals surface area contributed by atoms with Crippen LogP contribution in [0.5, 0.6) is 5.88 Å². The highest BCUT2D eigenvalue weighted by atomic mass is 16.3. The summed E-state index contributed by atoms with van der Waals surface area (Å²) in [6.45, 7) is 0. The highest BCUT2D eigenvalue weighted by Crippen LogP contribution is 2.08. The summed E-state index contributed by atoms with van der Waals surface area (Å²) in [5, 5.41) is 9.67. The third-order valence-electron chi connectivity index (χ3n) is 2.30. The van der Waals surface area contributed by atoms with Crippen molar-refractivity contribution >= 4 is 12.0 Å². The number of nitrogens with one attached hydrogen (secondary N) is 1. The normalized spacial score (nSPS) is 10.9. The number of H-pyrrole nitrogens is 1. The molecule has 2 rings (SSSR count). The Bertz CT molecular complexity index is 700. The summed E-state index contributed by atoms with van der Waals surface area (Å²) < 4.78 is 0.918. The van der Waals surface area contributed by atoms with E-state index in [9.17, 15) is 14.7 Å². The third kappa shape index (κ3) is 2.19. The van der Waals surface area contributed by atoms with E-state index in [1.54, 1.807) is 24.4 Å². The van der Waals surface area contributed by atoms with Crippen molar-refractivity contribution in [1.29, 1.82) is 0 Å². The van der Waals surface area contributed by atoms with Crippen LogP contribution in [0.3, 0.4) is 0 Å². The molecule has 7 heteroatoms. The van der Waals surface area contributed by atoms with Crippen LogP contribution in [0.25, 0.3) is 0 Å². The highest BCUT2D eigenvalue weighted by Gasteiger charge is 2.09. The lowest BCUT2D eigenvalue weighted by Gasteiger charge is -2.02. The van der Waals surface area contributed by atoms with Crippen LogP contribution in [0.2, 0.25) is 0 Å². The van der Waals surface area contributed by atoms with Crippen molar-refractivity contribution in [1.82, 2.24) is 14.5 Å². The predicted molar refractivity (Wildman–Crippen MR) is 65.5 cm³/mol. The maximum Gasteiger partial charge on any atom is 0.330 e.